The summed E-state index contributed by atoms with van der Waals surface area (Å²) in [6.07, 6.45) is 4.86. The number of rotatable bonds is 2. The van der Waals surface area contributed by atoms with Crippen LogP contribution >= 0.6 is 11.6 Å². The molecule has 2 atom stereocenters. The van der Waals surface area contributed by atoms with Crippen molar-refractivity contribution >= 4 is 17.5 Å². The van der Waals surface area contributed by atoms with E-state index in [1.54, 1.807) is 12.1 Å². The lowest BCUT2D eigenvalue weighted by Gasteiger charge is -2.12. The fourth-order valence-electron chi connectivity index (χ4n) is 2.12. The van der Waals surface area contributed by atoms with Crippen molar-refractivity contribution in [3.63, 3.8) is 0 Å². The lowest BCUT2D eigenvalue weighted by molar-refractivity contribution is 0.0937. The van der Waals surface area contributed by atoms with Gasteiger partial charge in [-0.2, -0.15) is 0 Å². The molecule has 1 heterocycles. The van der Waals surface area contributed by atoms with Gasteiger partial charge in [0.1, 0.15) is 5.15 Å². The van der Waals surface area contributed by atoms with Gasteiger partial charge in [-0.05, 0) is 37.3 Å². The van der Waals surface area contributed by atoms with E-state index in [0.29, 0.717) is 22.7 Å². The zero-order valence-corrected chi connectivity index (χ0v) is 10.00. The van der Waals surface area contributed by atoms with Crippen molar-refractivity contribution in [2.45, 2.75) is 32.2 Å². The van der Waals surface area contributed by atoms with Crippen molar-refractivity contribution in [2.24, 2.45) is 5.92 Å². The maximum absolute atomic E-state index is 11.8. The van der Waals surface area contributed by atoms with Crippen LogP contribution in [0, 0.1) is 5.92 Å². The van der Waals surface area contributed by atoms with E-state index in [1.165, 1.54) is 12.6 Å². The standard InChI is InChI=1S/C12H15ClN2O/c1-8-2-4-10(6-8)15-12(16)9-3-5-11(13)14-7-9/h3,5,7-8,10H,2,4,6H2,1H3,(H,15,16). The van der Waals surface area contributed by atoms with Crippen molar-refractivity contribution in [3.8, 4) is 0 Å². The Bertz CT molecular complexity index is 377. The van der Waals surface area contributed by atoms with Gasteiger partial charge in [-0.3, -0.25) is 4.79 Å². The summed E-state index contributed by atoms with van der Waals surface area (Å²) in [5, 5.41) is 3.43. The number of carbonyl (C=O) groups is 1. The summed E-state index contributed by atoms with van der Waals surface area (Å²) in [5.74, 6) is 0.664. The van der Waals surface area contributed by atoms with Crippen LogP contribution in [0.25, 0.3) is 0 Å². The zero-order chi connectivity index (χ0) is 11.5. The molecule has 86 valence electrons. The Morgan fingerprint density at radius 3 is 2.88 bits per heavy atom. The first-order valence-electron chi connectivity index (χ1n) is 5.57. The second-order valence-corrected chi connectivity index (χ2v) is 4.85. The lowest BCUT2D eigenvalue weighted by Crippen LogP contribution is -2.32. The number of hydrogen-bond donors (Lipinski definition) is 1. The second-order valence-electron chi connectivity index (χ2n) is 4.46. The van der Waals surface area contributed by atoms with Crippen LogP contribution in [-0.4, -0.2) is 16.9 Å². The molecule has 0 radical (unpaired) electrons. The topological polar surface area (TPSA) is 42.0 Å². The van der Waals surface area contributed by atoms with Gasteiger partial charge in [-0.1, -0.05) is 18.5 Å². The number of aromatic nitrogens is 1. The van der Waals surface area contributed by atoms with Gasteiger partial charge in [0.15, 0.2) is 0 Å². The highest BCUT2D eigenvalue weighted by atomic mass is 35.5. The Labute approximate surface area is 100 Å². The van der Waals surface area contributed by atoms with Gasteiger partial charge >= 0.3 is 0 Å². The second kappa shape index (κ2) is 4.83. The molecule has 2 rings (SSSR count). The monoisotopic (exact) mass is 238 g/mol. The quantitative estimate of drug-likeness (QED) is 0.805. The minimum Gasteiger partial charge on any atom is -0.349 e. The first-order chi connectivity index (χ1) is 7.65. The van der Waals surface area contributed by atoms with Crippen LogP contribution in [0.5, 0.6) is 0 Å². The maximum Gasteiger partial charge on any atom is 0.253 e. The number of hydrogen-bond acceptors (Lipinski definition) is 2. The van der Waals surface area contributed by atoms with Gasteiger partial charge in [0, 0.05) is 12.2 Å². The van der Waals surface area contributed by atoms with Gasteiger partial charge < -0.3 is 5.32 Å². The molecule has 1 saturated carbocycles. The van der Waals surface area contributed by atoms with E-state index < -0.39 is 0 Å². The highest BCUT2D eigenvalue weighted by molar-refractivity contribution is 6.29. The molecule has 1 aromatic rings. The largest absolute Gasteiger partial charge is 0.349 e. The van der Waals surface area contributed by atoms with Crippen LogP contribution < -0.4 is 5.32 Å². The molecule has 1 aliphatic carbocycles. The third-order valence-corrected chi connectivity index (χ3v) is 3.24. The van der Waals surface area contributed by atoms with E-state index in [9.17, 15) is 4.79 Å². The van der Waals surface area contributed by atoms with Gasteiger partial charge in [-0.15, -0.1) is 0 Å². The third kappa shape index (κ3) is 2.73. The molecule has 4 heteroatoms. The fraction of sp³-hybridized carbons (Fsp3) is 0.500. The van der Waals surface area contributed by atoms with E-state index in [0.717, 1.165) is 12.8 Å². The van der Waals surface area contributed by atoms with Crippen LogP contribution in [0.4, 0.5) is 0 Å². The summed E-state index contributed by atoms with van der Waals surface area (Å²) in [6, 6.07) is 3.65. The minimum atomic E-state index is -0.0525. The Balaban J connectivity index is 1.95. The highest BCUT2D eigenvalue weighted by Gasteiger charge is 2.23. The molecule has 3 nitrogen and oxygen atoms in total. The van der Waals surface area contributed by atoms with Crippen molar-refractivity contribution in [1.29, 1.82) is 0 Å². The summed E-state index contributed by atoms with van der Waals surface area (Å²) >= 11 is 5.66. The van der Waals surface area contributed by atoms with Crippen molar-refractivity contribution in [2.75, 3.05) is 0 Å². The average molecular weight is 239 g/mol. The van der Waals surface area contributed by atoms with Crippen molar-refractivity contribution < 1.29 is 4.79 Å². The predicted octanol–water partition coefficient (Wildman–Crippen LogP) is 2.65. The number of carbonyl (C=O) groups excluding carboxylic acids is 1. The summed E-state index contributed by atoms with van der Waals surface area (Å²) in [4.78, 5) is 15.7. The number of halogens is 1. The third-order valence-electron chi connectivity index (χ3n) is 3.02. The summed E-state index contributed by atoms with van der Waals surface area (Å²) in [6.45, 7) is 2.22. The molecule has 1 aliphatic rings. The normalized spacial score (nSPS) is 24.4. The molecule has 0 aliphatic heterocycles. The zero-order valence-electron chi connectivity index (χ0n) is 9.24. The summed E-state index contributed by atoms with van der Waals surface area (Å²) in [5.41, 5.74) is 0.573. The Morgan fingerprint density at radius 2 is 2.31 bits per heavy atom. The molecular weight excluding hydrogens is 224 g/mol. The minimum absolute atomic E-state index is 0.0525. The van der Waals surface area contributed by atoms with Gasteiger partial charge in [0.05, 0.1) is 5.56 Å². The highest BCUT2D eigenvalue weighted by Crippen LogP contribution is 2.24. The molecule has 1 amide bonds. The number of pyridine rings is 1. The van der Waals surface area contributed by atoms with E-state index in [2.05, 4.69) is 17.2 Å². The van der Waals surface area contributed by atoms with Crippen molar-refractivity contribution in [3.05, 3.63) is 29.0 Å². The summed E-state index contributed by atoms with van der Waals surface area (Å²) < 4.78 is 0. The van der Waals surface area contributed by atoms with Gasteiger partial charge in [-0.25, -0.2) is 4.98 Å². The van der Waals surface area contributed by atoms with Gasteiger partial charge in [0.25, 0.3) is 5.91 Å². The molecule has 0 spiro atoms. The number of nitrogens with zero attached hydrogens (tertiary/aromatic N) is 1. The Hall–Kier alpha value is -1.09. The average Bonchev–Trinajstić information content (AvgIpc) is 2.65. The Kier molecular flexibility index (Phi) is 3.44. The summed E-state index contributed by atoms with van der Waals surface area (Å²) in [7, 11) is 0. The molecule has 1 aromatic heterocycles. The molecule has 0 aromatic carbocycles. The number of nitrogens with one attached hydrogen (secondary N) is 1. The molecule has 2 unspecified atom stereocenters. The number of amides is 1. The predicted molar refractivity (Wildman–Crippen MR) is 63.5 cm³/mol. The molecular formula is C12H15ClN2O. The smallest absolute Gasteiger partial charge is 0.253 e. The maximum atomic E-state index is 11.8. The molecule has 0 bridgehead atoms. The SMILES string of the molecule is CC1CCC(NC(=O)c2ccc(Cl)nc2)C1. The molecule has 1 N–H and O–H groups in total. The van der Waals surface area contributed by atoms with E-state index in [-0.39, 0.29) is 5.91 Å². The van der Waals surface area contributed by atoms with Crippen LogP contribution in [0.15, 0.2) is 18.3 Å². The van der Waals surface area contributed by atoms with Crippen LogP contribution in [-0.2, 0) is 0 Å². The van der Waals surface area contributed by atoms with E-state index >= 15 is 0 Å². The van der Waals surface area contributed by atoms with Crippen molar-refractivity contribution in [1.82, 2.24) is 10.3 Å². The van der Waals surface area contributed by atoms with Crippen LogP contribution in [0.1, 0.15) is 36.5 Å². The fourth-order valence-corrected chi connectivity index (χ4v) is 2.23. The van der Waals surface area contributed by atoms with Crippen LogP contribution in [0.2, 0.25) is 5.15 Å². The molecule has 0 saturated heterocycles. The molecule has 16 heavy (non-hydrogen) atoms. The first kappa shape index (κ1) is 11.4. The van der Waals surface area contributed by atoms with E-state index in [1.807, 2.05) is 0 Å². The van der Waals surface area contributed by atoms with Gasteiger partial charge in [0.2, 0.25) is 0 Å². The Morgan fingerprint density at radius 1 is 1.50 bits per heavy atom. The van der Waals surface area contributed by atoms with Crippen LogP contribution in [0.3, 0.4) is 0 Å². The van der Waals surface area contributed by atoms with E-state index in [4.69, 9.17) is 11.6 Å². The first-order valence-corrected chi connectivity index (χ1v) is 5.95. The molecule has 1 fully saturated rings. The lowest BCUT2D eigenvalue weighted by atomic mass is 10.1.